The third kappa shape index (κ3) is 2.42. The van der Waals surface area contributed by atoms with Gasteiger partial charge in [-0.3, -0.25) is 9.59 Å². The summed E-state index contributed by atoms with van der Waals surface area (Å²) in [6, 6.07) is 6.09. The van der Waals surface area contributed by atoms with Gasteiger partial charge in [-0.15, -0.1) is 0 Å². The Morgan fingerprint density at radius 3 is 2.80 bits per heavy atom. The minimum Gasteiger partial charge on any atom is -0.481 e. The summed E-state index contributed by atoms with van der Waals surface area (Å²) in [4.78, 5) is 24.4. The topological polar surface area (TPSA) is 57.6 Å². The van der Waals surface area contributed by atoms with E-state index in [9.17, 15) is 9.59 Å². The molecular formula is C16H19NO3. The van der Waals surface area contributed by atoms with Crippen molar-refractivity contribution in [3.05, 3.63) is 29.3 Å². The molecule has 20 heavy (non-hydrogen) atoms. The predicted molar refractivity (Wildman–Crippen MR) is 75.9 cm³/mol. The molecule has 0 radical (unpaired) electrons. The molecule has 0 aromatic heterocycles. The van der Waals surface area contributed by atoms with Gasteiger partial charge in [0, 0.05) is 19.2 Å². The molecule has 1 saturated carbocycles. The van der Waals surface area contributed by atoms with Crippen molar-refractivity contribution in [1.29, 1.82) is 0 Å². The summed E-state index contributed by atoms with van der Waals surface area (Å²) >= 11 is 0. The van der Waals surface area contributed by atoms with Crippen molar-refractivity contribution in [3.63, 3.8) is 0 Å². The lowest BCUT2D eigenvalue weighted by molar-refractivity contribution is -0.137. The van der Waals surface area contributed by atoms with Crippen LogP contribution in [-0.4, -0.2) is 24.0 Å². The van der Waals surface area contributed by atoms with Crippen molar-refractivity contribution in [2.24, 2.45) is 5.92 Å². The van der Waals surface area contributed by atoms with E-state index in [4.69, 9.17) is 5.11 Å². The fraction of sp³-hybridized carbons (Fsp3) is 0.500. The minimum absolute atomic E-state index is 0.126. The molecule has 1 aromatic carbocycles. The number of carboxylic acid groups (broad SMARTS) is 1. The molecule has 0 bridgehead atoms. The van der Waals surface area contributed by atoms with E-state index in [1.54, 1.807) is 11.9 Å². The maximum Gasteiger partial charge on any atom is 0.303 e. The van der Waals surface area contributed by atoms with Crippen molar-refractivity contribution in [2.75, 3.05) is 11.9 Å². The van der Waals surface area contributed by atoms with Gasteiger partial charge in [0.05, 0.1) is 6.42 Å². The summed E-state index contributed by atoms with van der Waals surface area (Å²) in [6.07, 6.45) is 3.77. The Bertz CT molecular complexity index is 563. The van der Waals surface area contributed by atoms with Gasteiger partial charge < -0.3 is 10.0 Å². The minimum atomic E-state index is -0.730. The van der Waals surface area contributed by atoms with E-state index in [0.717, 1.165) is 30.5 Å². The van der Waals surface area contributed by atoms with Crippen LogP contribution in [0.25, 0.3) is 0 Å². The Labute approximate surface area is 118 Å². The van der Waals surface area contributed by atoms with Crippen LogP contribution in [0.4, 0.5) is 5.69 Å². The molecule has 1 atom stereocenters. The number of anilines is 1. The van der Waals surface area contributed by atoms with Gasteiger partial charge in [-0.25, -0.2) is 0 Å². The lowest BCUT2D eigenvalue weighted by Gasteiger charge is -2.27. The quantitative estimate of drug-likeness (QED) is 0.917. The van der Waals surface area contributed by atoms with Gasteiger partial charge in [-0.2, -0.15) is 0 Å². The first-order chi connectivity index (χ1) is 9.56. The van der Waals surface area contributed by atoms with Crippen LogP contribution in [0, 0.1) is 5.92 Å². The highest BCUT2D eigenvalue weighted by Crippen LogP contribution is 2.45. The third-order valence-corrected chi connectivity index (χ3v) is 4.46. The molecule has 0 saturated heterocycles. The molecule has 2 aliphatic rings. The normalized spacial score (nSPS) is 19.6. The summed E-state index contributed by atoms with van der Waals surface area (Å²) in [6.45, 7) is 0. The first-order valence-corrected chi connectivity index (χ1v) is 7.17. The molecule has 4 heteroatoms. The standard InChI is InChI=1S/C16H19NO3/c1-17-14-6-4-11(8-12(14)5-7-15(17)18)13(9-16(19)20)10-2-3-10/h4,6,8,10,13H,2-3,5,7,9H2,1H3,(H,19,20). The Kier molecular flexibility index (Phi) is 3.24. The molecule has 3 rings (SSSR count). The molecule has 106 valence electrons. The van der Waals surface area contributed by atoms with Crippen LogP contribution < -0.4 is 4.90 Å². The molecule has 1 aromatic rings. The number of aryl methyl sites for hydroxylation is 1. The number of hydrogen-bond acceptors (Lipinski definition) is 2. The summed E-state index contributed by atoms with van der Waals surface area (Å²) in [5, 5.41) is 9.08. The molecule has 1 unspecified atom stereocenters. The van der Waals surface area contributed by atoms with Gasteiger partial charge in [-0.05, 0) is 48.3 Å². The zero-order chi connectivity index (χ0) is 14.3. The van der Waals surface area contributed by atoms with E-state index in [-0.39, 0.29) is 18.2 Å². The van der Waals surface area contributed by atoms with Gasteiger partial charge in [-0.1, -0.05) is 12.1 Å². The molecule has 1 amide bonds. The lowest BCUT2D eigenvalue weighted by atomic mass is 9.88. The second-order valence-electron chi connectivity index (χ2n) is 5.88. The molecular weight excluding hydrogens is 254 g/mol. The predicted octanol–water partition coefficient (Wildman–Crippen LogP) is 2.56. The van der Waals surface area contributed by atoms with Crippen LogP contribution in [-0.2, 0) is 16.0 Å². The molecule has 1 heterocycles. The molecule has 1 aliphatic heterocycles. The van der Waals surface area contributed by atoms with Crippen LogP contribution in [0.5, 0.6) is 0 Å². The highest BCUT2D eigenvalue weighted by Gasteiger charge is 2.34. The average molecular weight is 273 g/mol. The number of amides is 1. The fourth-order valence-electron chi connectivity index (χ4n) is 3.15. The van der Waals surface area contributed by atoms with Crippen LogP contribution in [0.1, 0.15) is 42.7 Å². The number of benzene rings is 1. The molecule has 4 nitrogen and oxygen atoms in total. The number of carboxylic acids is 1. The third-order valence-electron chi connectivity index (χ3n) is 4.46. The highest BCUT2D eigenvalue weighted by atomic mass is 16.4. The van der Waals surface area contributed by atoms with E-state index >= 15 is 0 Å². The van der Waals surface area contributed by atoms with Crippen LogP contribution >= 0.6 is 0 Å². The first kappa shape index (κ1) is 13.2. The number of hydrogen-bond donors (Lipinski definition) is 1. The molecule has 0 spiro atoms. The van der Waals surface area contributed by atoms with Gasteiger partial charge in [0.2, 0.25) is 5.91 Å². The number of carbonyl (C=O) groups excluding carboxylic acids is 1. The number of fused-ring (bicyclic) bond motifs is 1. The zero-order valence-electron chi connectivity index (χ0n) is 11.6. The Hall–Kier alpha value is -1.84. The SMILES string of the molecule is CN1C(=O)CCc2cc(C(CC(=O)O)C3CC3)ccc21. The molecule has 1 N–H and O–H groups in total. The van der Waals surface area contributed by atoms with Crippen molar-refractivity contribution in [2.45, 2.75) is 38.0 Å². The molecule has 1 aliphatic carbocycles. The van der Waals surface area contributed by atoms with Gasteiger partial charge in [0.25, 0.3) is 0 Å². The summed E-state index contributed by atoms with van der Waals surface area (Å²) in [5.74, 6) is 0.0641. The summed E-state index contributed by atoms with van der Waals surface area (Å²) in [5.41, 5.74) is 3.26. The number of nitrogens with zero attached hydrogens (tertiary/aromatic N) is 1. The highest BCUT2D eigenvalue weighted by molar-refractivity contribution is 5.95. The smallest absolute Gasteiger partial charge is 0.303 e. The van der Waals surface area contributed by atoms with E-state index in [2.05, 4.69) is 6.07 Å². The Balaban J connectivity index is 1.91. The average Bonchev–Trinajstić information content (AvgIpc) is 3.24. The number of rotatable bonds is 4. The Morgan fingerprint density at radius 1 is 1.40 bits per heavy atom. The van der Waals surface area contributed by atoms with E-state index in [1.807, 2.05) is 12.1 Å². The summed E-state index contributed by atoms with van der Waals surface area (Å²) < 4.78 is 0. The van der Waals surface area contributed by atoms with Gasteiger partial charge in [0.15, 0.2) is 0 Å². The van der Waals surface area contributed by atoms with E-state index in [1.165, 1.54) is 5.56 Å². The van der Waals surface area contributed by atoms with Crippen molar-refractivity contribution in [3.8, 4) is 0 Å². The maximum atomic E-state index is 11.7. The largest absolute Gasteiger partial charge is 0.481 e. The fourth-order valence-corrected chi connectivity index (χ4v) is 3.15. The van der Waals surface area contributed by atoms with E-state index in [0.29, 0.717) is 12.3 Å². The number of carbonyl (C=O) groups is 2. The monoisotopic (exact) mass is 273 g/mol. The lowest BCUT2D eigenvalue weighted by Crippen LogP contribution is -2.31. The number of aliphatic carboxylic acids is 1. The van der Waals surface area contributed by atoms with Crippen molar-refractivity contribution >= 4 is 17.6 Å². The zero-order valence-corrected chi connectivity index (χ0v) is 11.6. The van der Waals surface area contributed by atoms with Gasteiger partial charge in [0.1, 0.15) is 0 Å². The van der Waals surface area contributed by atoms with Gasteiger partial charge >= 0.3 is 5.97 Å². The van der Waals surface area contributed by atoms with Crippen LogP contribution in [0.3, 0.4) is 0 Å². The van der Waals surface area contributed by atoms with E-state index < -0.39 is 5.97 Å². The van der Waals surface area contributed by atoms with Crippen LogP contribution in [0.15, 0.2) is 18.2 Å². The van der Waals surface area contributed by atoms with Crippen LogP contribution in [0.2, 0.25) is 0 Å². The second-order valence-corrected chi connectivity index (χ2v) is 5.88. The summed E-state index contributed by atoms with van der Waals surface area (Å²) in [7, 11) is 1.80. The molecule has 1 fully saturated rings. The van der Waals surface area contributed by atoms with Crippen molar-refractivity contribution < 1.29 is 14.7 Å². The van der Waals surface area contributed by atoms with Crippen molar-refractivity contribution in [1.82, 2.24) is 0 Å². The first-order valence-electron chi connectivity index (χ1n) is 7.17. The Morgan fingerprint density at radius 2 is 2.15 bits per heavy atom. The maximum absolute atomic E-state index is 11.7. The second kappa shape index (κ2) is 4.93.